The number of allylic oxidation sites excluding steroid dienone is 1. The number of nitrogens with zero attached hydrogens (tertiary/aromatic N) is 3. The Balaban J connectivity index is 1.19. The molecule has 5 heterocycles. The van der Waals surface area contributed by atoms with E-state index in [0.717, 1.165) is 76.5 Å². The third-order valence-corrected chi connectivity index (χ3v) is 10.9. The van der Waals surface area contributed by atoms with Gasteiger partial charge in [0.2, 0.25) is 5.91 Å². The molecule has 0 bridgehead atoms. The van der Waals surface area contributed by atoms with Crippen molar-refractivity contribution in [2.24, 2.45) is 0 Å². The normalized spacial score (nSPS) is 23.1. The Bertz CT molecular complexity index is 1340. The Morgan fingerprint density at radius 3 is 2.54 bits per heavy atom. The van der Waals surface area contributed by atoms with Gasteiger partial charge in [-0.15, -0.1) is 0 Å². The van der Waals surface area contributed by atoms with Crippen molar-refractivity contribution in [2.45, 2.75) is 51.9 Å². The molecular weight excluding hydrogens is 494 g/mol. The predicted molar refractivity (Wildman–Crippen MR) is 138 cm³/mol. The van der Waals surface area contributed by atoms with Gasteiger partial charge in [-0.25, -0.2) is 9.59 Å². The molecule has 2 fully saturated rings. The van der Waals surface area contributed by atoms with Gasteiger partial charge in [0, 0.05) is 37.7 Å². The number of likely N-dealkylation sites (tertiary alicyclic amines) is 1. The van der Waals surface area contributed by atoms with Crippen LogP contribution in [0.4, 0.5) is 0 Å². The molecule has 0 atom stereocenters. The molecule has 0 unspecified atom stereocenters. The quantitative estimate of drug-likeness (QED) is 0.532. The van der Waals surface area contributed by atoms with E-state index in [1.54, 1.807) is 4.90 Å². The number of fused-ring (bicyclic) bond motifs is 2. The monoisotopic (exact) mass is 525 g/mol. The van der Waals surface area contributed by atoms with Crippen LogP contribution in [0.2, 0.25) is 0 Å². The first-order chi connectivity index (χ1) is 17.9. The maximum atomic E-state index is 12.3. The number of para-hydroxylation sites is 1. The maximum Gasteiger partial charge on any atom is 0.441 e. The van der Waals surface area contributed by atoms with Gasteiger partial charge in [0.15, 0.2) is 5.58 Å². The van der Waals surface area contributed by atoms with E-state index in [4.69, 9.17) is 12.9 Å². The second-order valence-corrected chi connectivity index (χ2v) is 12.3. The molecule has 0 saturated carbocycles. The van der Waals surface area contributed by atoms with Crippen LogP contribution in [0, 0.1) is 0 Å². The highest BCUT2D eigenvalue weighted by Crippen LogP contribution is 2.74. The van der Waals surface area contributed by atoms with E-state index in [-0.39, 0.29) is 5.91 Å². The molecule has 0 N–H and O–H groups in total. The molecule has 1 aromatic carbocycles. The summed E-state index contributed by atoms with van der Waals surface area (Å²) in [6, 6.07) is 8.00. The molecule has 2 aromatic rings. The summed E-state index contributed by atoms with van der Waals surface area (Å²) in [5.74, 6) is -1.54. The van der Waals surface area contributed by atoms with E-state index in [1.165, 1.54) is 6.92 Å². The molecule has 6 rings (SSSR count). The third-order valence-electron chi connectivity index (χ3n) is 8.04. The summed E-state index contributed by atoms with van der Waals surface area (Å²) in [5, 5.41) is 5.46. The molecule has 2 saturated heterocycles. The molecule has 196 valence electrons. The molecule has 10 heteroatoms. The number of hydrogen-bond acceptors (Lipinski definition) is 8. The fraction of sp³-hybridized carbons (Fsp3) is 0.481. The Labute approximate surface area is 217 Å². The maximum absolute atomic E-state index is 12.3. The Morgan fingerprint density at radius 2 is 1.84 bits per heavy atom. The summed E-state index contributed by atoms with van der Waals surface area (Å²) in [6.07, 6.45) is 4.08. The number of amides is 1. The van der Waals surface area contributed by atoms with Crippen LogP contribution in [0.3, 0.4) is 0 Å². The summed E-state index contributed by atoms with van der Waals surface area (Å²) in [4.78, 5) is 42.6. The van der Waals surface area contributed by atoms with Crippen LogP contribution in [0.5, 0.6) is 0 Å². The van der Waals surface area contributed by atoms with E-state index in [0.29, 0.717) is 31.8 Å². The standard InChI is InChI=1S/C27H31N3O6S/c1-3-19-20-10-15-30(17(2)31)16-24(20)37(35-26(32)27(33)36-37)23(19)11-14-29-12-8-18(9-13-29)25-21-6-4-5-7-22(21)34-28-25/h4-7,18H,3,8-16H2,1-2H3. The summed E-state index contributed by atoms with van der Waals surface area (Å²) >= 11 is 0. The van der Waals surface area contributed by atoms with Gasteiger partial charge in [-0.05, 0) is 62.1 Å². The van der Waals surface area contributed by atoms with Gasteiger partial charge in [0.05, 0.1) is 22.0 Å². The van der Waals surface area contributed by atoms with Crippen molar-refractivity contribution in [2.75, 3.05) is 32.7 Å². The minimum absolute atomic E-state index is 0.0361. The molecule has 4 aliphatic rings. The largest absolute Gasteiger partial charge is 0.441 e. The molecule has 0 aliphatic carbocycles. The number of carbonyl (C=O) groups excluding carboxylic acids is 3. The molecule has 1 spiro atoms. The van der Waals surface area contributed by atoms with Gasteiger partial charge in [-0.3, -0.25) is 4.79 Å². The van der Waals surface area contributed by atoms with E-state index in [2.05, 4.69) is 23.0 Å². The van der Waals surface area contributed by atoms with Gasteiger partial charge in [0.25, 0.3) is 0 Å². The first-order valence-electron chi connectivity index (χ1n) is 13.0. The van der Waals surface area contributed by atoms with Gasteiger partial charge in [-0.2, -0.15) is 0 Å². The summed E-state index contributed by atoms with van der Waals surface area (Å²) in [5.41, 5.74) is 4.12. The number of carbonyl (C=O) groups is 3. The second kappa shape index (κ2) is 9.33. The number of aromatic nitrogens is 1. The smallest absolute Gasteiger partial charge is 0.356 e. The molecule has 0 radical (unpaired) electrons. The minimum atomic E-state index is -2.65. The summed E-state index contributed by atoms with van der Waals surface area (Å²) < 4.78 is 17.1. The van der Waals surface area contributed by atoms with Crippen LogP contribution in [-0.4, -0.2) is 65.5 Å². The van der Waals surface area contributed by atoms with Gasteiger partial charge in [-0.1, -0.05) is 34.8 Å². The number of benzene rings is 1. The molecule has 37 heavy (non-hydrogen) atoms. The molecule has 1 aromatic heterocycles. The average molecular weight is 526 g/mol. The highest BCUT2D eigenvalue weighted by molar-refractivity contribution is 8.33. The van der Waals surface area contributed by atoms with E-state index in [1.807, 2.05) is 18.2 Å². The first-order valence-corrected chi connectivity index (χ1v) is 14.5. The lowest BCUT2D eigenvalue weighted by atomic mass is 9.91. The van der Waals surface area contributed by atoms with Gasteiger partial charge >= 0.3 is 11.9 Å². The number of rotatable bonds is 5. The lowest BCUT2D eigenvalue weighted by Crippen LogP contribution is -2.36. The predicted octanol–water partition coefficient (Wildman–Crippen LogP) is 4.32. The van der Waals surface area contributed by atoms with E-state index < -0.39 is 22.5 Å². The van der Waals surface area contributed by atoms with Crippen LogP contribution < -0.4 is 0 Å². The Morgan fingerprint density at radius 1 is 1.11 bits per heavy atom. The van der Waals surface area contributed by atoms with Crippen molar-refractivity contribution >= 4 is 39.4 Å². The van der Waals surface area contributed by atoms with Crippen molar-refractivity contribution in [3.8, 4) is 0 Å². The number of hydrogen-bond donors (Lipinski definition) is 0. The van der Waals surface area contributed by atoms with Crippen molar-refractivity contribution in [1.82, 2.24) is 15.0 Å². The number of piperidine rings is 1. The third kappa shape index (κ3) is 3.97. The van der Waals surface area contributed by atoms with Gasteiger partial charge < -0.3 is 22.7 Å². The van der Waals surface area contributed by atoms with Crippen LogP contribution in [0.1, 0.15) is 57.6 Å². The Kier molecular flexibility index (Phi) is 6.11. The molecule has 1 amide bonds. The first kappa shape index (κ1) is 24.2. The summed E-state index contributed by atoms with van der Waals surface area (Å²) in [6.45, 7) is 7.21. The summed E-state index contributed by atoms with van der Waals surface area (Å²) in [7, 11) is -2.65. The average Bonchev–Trinajstić information content (AvgIpc) is 3.54. The van der Waals surface area contributed by atoms with E-state index >= 15 is 0 Å². The van der Waals surface area contributed by atoms with Crippen LogP contribution in [0.25, 0.3) is 11.0 Å². The lowest BCUT2D eigenvalue weighted by molar-refractivity contribution is -0.150. The zero-order valence-corrected chi connectivity index (χ0v) is 22.0. The fourth-order valence-electron chi connectivity index (χ4n) is 6.13. The van der Waals surface area contributed by atoms with Gasteiger partial charge in [0.1, 0.15) is 0 Å². The minimum Gasteiger partial charge on any atom is -0.356 e. The zero-order chi connectivity index (χ0) is 25.7. The van der Waals surface area contributed by atoms with Crippen molar-refractivity contribution in [1.29, 1.82) is 0 Å². The van der Waals surface area contributed by atoms with Crippen molar-refractivity contribution < 1.29 is 27.3 Å². The fourth-order valence-corrected chi connectivity index (χ4v) is 9.26. The SMILES string of the molecule is CCC1=C(CCN2CCC(c3noc4ccccc34)CC2)S2(OC(=O)C(=O)O2)C2=C1CCN(C(C)=O)C2. The molecule has 4 aliphatic heterocycles. The van der Waals surface area contributed by atoms with Crippen LogP contribution in [-0.2, 0) is 22.7 Å². The second-order valence-electron chi connectivity index (χ2n) is 10.0. The topological polar surface area (TPSA) is 102 Å². The van der Waals surface area contributed by atoms with Crippen LogP contribution >= 0.6 is 10.6 Å². The molecular formula is C27H31N3O6S. The zero-order valence-electron chi connectivity index (χ0n) is 21.2. The highest BCUT2D eigenvalue weighted by Gasteiger charge is 2.53. The molecule has 9 nitrogen and oxygen atoms in total. The highest BCUT2D eigenvalue weighted by atomic mass is 32.3. The van der Waals surface area contributed by atoms with E-state index in [9.17, 15) is 14.4 Å². The lowest BCUT2D eigenvalue weighted by Gasteiger charge is -2.40. The Hall–Kier alpha value is -3.11. The van der Waals surface area contributed by atoms with Crippen LogP contribution in [0.15, 0.2) is 49.7 Å². The van der Waals surface area contributed by atoms with Crippen molar-refractivity contribution in [3.05, 3.63) is 50.9 Å². The van der Waals surface area contributed by atoms with Crippen molar-refractivity contribution in [3.63, 3.8) is 0 Å².